The number of aryl methyl sites for hydroxylation is 1. The van der Waals surface area contributed by atoms with Crippen molar-refractivity contribution in [1.29, 1.82) is 0 Å². The van der Waals surface area contributed by atoms with E-state index in [0.29, 0.717) is 24.2 Å². The highest BCUT2D eigenvalue weighted by atomic mass is 16.2. The summed E-state index contributed by atoms with van der Waals surface area (Å²) >= 11 is 0. The summed E-state index contributed by atoms with van der Waals surface area (Å²) in [5.41, 5.74) is 1.86. The Balaban J connectivity index is 1.45. The van der Waals surface area contributed by atoms with Crippen molar-refractivity contribution in [2.45, 2.75) is 25.3 Å². The summed E-state index contributed by atoms with van der Waals surface area (Å²) in [5, 5.41) is 8.09. The second-order valence-corrected chi connectivity index (χ2v) is 7.19. The first-order chi connectivity index (χ1) is 13.9. The average molecular weight is 392 g/mol. The molecule has 1 aliphatic heterocycles. The number of carbonyl (C=O) groups is 4. The summed E-state index contributed by atoms with van der Waals surface area (Å²) in [6, 6.07) is 13.5. The molecule has 148 valence electrons. The van der Waals surface area contributed by atoms with Crippen molar-refractivity contribution in [2.75, 3.05) is 17.2 Å². The second-order valence-electron chi connectivity index (χ2n) is 7.19. The van der Waals surface area contributed by atoms with Crippen LogP contribution in [0.15, 0.2) is 48.5 Å². The molecular weight excluding hydrogens is 372 g/mol. The van der Waals surface area contributed by atoms with Crippen molar-refractivity contribution in [3.63, 3.8) is 0 Å². The normalized spacial score (nSPS) is 19.8. The third-order valence-electron chi connectivity index (χ3n) is 5.21. The molecule has 1 heterocycles. The summed E-state index contributed by atoms with van der Waals surface area (Å²) in [7, 11) is 0. The van der Waals surface area contributed by atoms with E-state index in [4.69, 9.17) is 0 Å². The molecule has 1 spiro atoms. The van der Waals surface area contributed by atoms with Crippen LogP contribution in [0.4, 0.5) is 16.2 Å². The van der Waals surface area contributed by atoms with Crippen LogP contribution in [0.1, 0.15) is 24.5 Å². The Morgan fingerprint density at radius 1 is 1.03 bits per heavy atom. The van der Waals surface area contributed by atoms with Gasteiger partial charge in [-0.15, -0.1) is 0 Å². The number of hydrogen-bond donors (Lipinski definition) is 3. The molecule has 0 saturated carbocycles. The molecule has 29 heavy (non-hydrogen) atoms. The van der Waals surface area contributed by atoms with Crippen molar-refractivity contribution in [2.24, 2.45) is 0 Å². The van der Waals surface area contributed by atoms with Crippen LogP contribution in [-0.4, -0.2) is 35.2 Å². The van der Waals surface area contributed by atoms with Crippen LogP contribution in [0, 0.1) is 0 Å². The van der Waals surface area contributed by atoms with Crippen LogP contribution in [0.25, 0.3) is 0 Å². The van der Waals surface area contributed by atoms with E-state index in [1.165, 1.54) is 6.92 Å². The first-order valence-electron chi connectivity index (χ1n) is 9.29. The molecule has 1 fully saturated rings. The fourth-order valence-corrected chi connectivity index (χ4v) is 3.92. The highest BCUT2D eigenvalue weighted by Gasteiger charge is 2.55. The topological polar surface area (TPSA) is 108 Å². The standard InChI is InChI=1S/C21H20N4O4/c1-13(26)22-15-6-8-16(9-7-15)23-18(27)12-25-19(28)21(24-20(25)29)11-10-14-4-2-3-5-17(14)21/h2-9H,10-12H2,1H3,(H,22,26)(H,23,27)(H,24,29). The molecule has 1 aliphatic carbocycles. The average Bonchev–Trinajstić information content (AvgIpc) is 3.17. The lowest BCUT2D eigenvalue weighted by Crippen LogP contribution is -2.42. The number of urea groups is 1. The van der Waals surface area contributed by atoms with E-state index in [0.717, 1.165) is 16.0 Å². The maximum absolute atomic E-state index is 13.1. The number of hydrogen-bond acceptors (Lipinski definition) is 4. The van der Waals surface area contributed by atoms with Gasteiger partial charge in [-0.25, -0.2) is 4.79 Å². The van der Waals surface area contributed by atoms with Gasteiger partial charge in [0.15, 0.2) is 0 Å². The predicted molar refractivity (Wildman–Crippen MR) is 106 cm³/mol. The predicted octanol–water partition coefficient (Wildman–Crippen LogP) is 1.98. The first-order valence-corrected chi connectivity index (χ1v) is 9.29. The summed E-state index contributed by atoms with van der Waals surface area (Å²) in [4.78, 5) is 50.0. The lowest BCUT2D eigenvalue weighted by Gasteiger charge is -2.22. The Kier molecular flexibility index (Phi) is 4.54. The maximum atomic E-state index is 13.1. The zero-order valence-corrected chi connectivity index (χ0v) is 15.8. The van der Waals surface area contributed by atoms with Crippen LogP contribution >= 0.6 is 0 Å². The van der Waals surface area contributed by atoms with E-state index in [-0.39, 0.29) is 12.5 Å². The molecule has 3 N–H and O–H groups in total. The van der Waals surface area contributed by atoms with E-state index in [2.05, 4.69) is 16.0 Å². The molecule has 2 aromatic rings. The fraction of sp³-hybridized carbons (Fsp3) is 0.238. The van der Waals surface area contributed by atoms with E-state index in [9.17, 15) is 19.2 Å². The van der Waals surface area contributed by atoms with Gasteiger partial charge < -0.3 is 16.0 Å². The number of rotatable bonds is 4. The molecule has 0 radical (unpaired) electrons. The zero-order chi connectivity index (χ0) is 20.6. The lowest BCUT2D eigenvalue weighted by molar-refractivity contribution is -0.134. The number of amides is 5. The molecule has 0 bridgehead atoms. The van der Waals surface area contributed by atoms with Gasteiger partial charge in [0.25, 0.3) is 5.91 Å². The van der Waals surface area contributed by atoms with Gasteiger partial charge in [-0.05, 0) is 48.2 Å². The Bertz CT molecular complexity index is 1020. The van der Waals surface area contributed by atoms with Crippen LogP contribution in [0.3, 0.4) is 0 Å². The molecule has 0 aromatic heterocycles. The summed E-state index contributed by atoms with van der Waals surface area (Å²) in [6.07, 6.45) is 1.18. The minimum Gasteiger partial charge on any atom is -0.326 e. The molecule has 5 amide bonds. The highest BCUT2D eigenvalue weighted by molar-refractivity contribution is 6.11. The van der Waals surface area contributed by atoms with Gasteiger partial charge in [-0.2, -0.15) is 0 Å². The molecular formula is C21H20N4O4. The van der Waals surface area contributed by atoms with Gasteiger partial charge in [0, 0.05) is 18.3 Å². The Morgan fingerprint density at radius 2 is 1.69 bits per heavy atom. The van der Waals surface area contributed by atoms with E-state index in [1.807, 2.05) is 24.3 Å². The van der Waals surface area contributed by atoms with Crippen molar-refractivity contribution >= 4 is 35.1 Å². The third kappa shape index (κ3) is 3.33. The van der Waals surface area contributed by atoms with Crippen molar-refractivity contribution in [1.82, 2.24) is 10.2 Å². The molecule has 1 unspecified atom stereocenters. The van der Waals surface area contributed by atoms with E-state index >= 15 is 0 Å². The number of imide groups is 1. The number of nitrogens with zero attached hydrogens (tertiary/aromatic N) is 1. The number of nitrogens with one attached hydrogen (secondary N) is 3. The van der Waals surface area contributed by atoms with Crippen molar-refractivity contribution < 1.29 is 19.2 Å². The van der Waals surface area contributed by atoms with Crippen LogP contribution in [0.5, 0.6) is 0 Å². The molecule has 2 aliphatic rings. The number of fused-ring (bicyclic) bond motifs is 2. The number of benzene rings is 2. The third-order valence-corrected chi connectivity index (χ3v) is 5.21. The van der Waals surface area contributed by atoms with Crippen molar-refractivity contribution in [3.05, 3.63) is 59.7 Å². The molecule has 2 aromatic carbocycles. The van der Waals surface area contributed by atoms with Crippen LogP contribution in [-0.2, 0) is 26.3 Å². The van der Waals surface area contributed by atoms with E-state index < -0.39 is 23.4 Å². The molecule has 1 atom stereocenters. The SMILES string of the molecule is CC(=O)Nc1ccc(NC(=O)CN2C(=O)NC3(CCc4ccccc43)C2=O)cc1. The largest absolute Gasteiger partial charge is 0.326 e. The number of carbonyl (C=O) groups excluding carboxylic acids is 4. The van der Waals surface area contributed by atoms with Gasteiger partial charge in [0.05, 0.1) is 0 Å². The highest BCUT2D eigenvalue weighted by Crippen LogP contribution is 2.41. The van der Waals surface area contributed by atoms with Crippen LogP contribution in [0.2, 0.25) is 0 Å². The van der Waals surface area contributed by atoms with Crippen LogP contribution < -0.4 is 16.0 Å². The van der Waals surface area contributed by atoms with Gasteiger partial charge in [0.1, 0.15) is 12.1 Å². The molecule has 8 heteroatoms. The molecule has 8 nitrogen and oxygen atoms in total. The van der Waals surface area contributed by atoms with Gasteiger partial charge in [-0.3, -0.25) is 19.3 Å². The minimum atomic E-state index is -1.08. The van der Waals surface area contributed by atoms with Gasteiger partial charge in [0.2, 0.25) is 11.8 Å². The lowest BCUT2D eigenvalue weighted by atomic mass is 9.92. The Morgan fingerprint density at radius 3 is 2.38 bits per heavy atom. The van der Waals surface area contributed by atoms with Gasteiger partial charge >= 0.3 is 6.03 Å². The molecule has 1 saturated heterocycles. The van der Waals surface area contributed by atoms with E-state index in [1.54, 1.807) is 24.3 Å². The monoisotopic (exact) mass is 392 g/mol. The van der Waals surface area contributed by atoms with Gasteiger partial charge in [-0.1, -0.05) is 24.3 Å². The minimum absolute atomic E-state index is 0.192. The smallest absolute Gasteiger partial charge is 0.325 e. The summed E-state index contributed by atoms with van der Waals surface area (Å²) in [5.74, 6) is -1.07. The molecule has 4 rings (SSSR count). The second kappa shape index (κ2) is 7.05. The van der Waals surface area contributed by atoms with Crippen molar-refractivity contribution in [3.8, 4) is 0 Å². The Hall–Kier alpha value is -3.68. The first kappa shape index (κ1) is 18.7. The fourth-order valence-electron chi connectivity index (χ4n) is 3.92. The number of anilines is 2. The zero-order valence-electron chi connectivity index (χ0n) is 15.8. The quantitative estimate of drug-likeness (QED) is 0.692. The summed E-state index contributed by atoms with van der Waals surface area (Å²) < 4.78 is 0. The Labute approximate surface area is 167 Å². The summed E-state index contributed by atoms with van der Waals surface area (Å²) in [6.45, 7) is 1.03. The maximum Gasteiger partial charge on any atom is 0.325 e.